The van der Waals surface area contributed by atoms with E-state index in [1.807, 2.05) is 36.0 Å². The number of nitrogens with zero attached hydrogens (tertiary/aromatic N) is 2. The summed E-state index contributed by atoms with van der Waals surface area (Å²) in [5.74, 6) is 0.629. The summed E-state index contributed by atoms with van der Waals surface area (Å²) in [7, 11) is 1.17. The lowest BCUT2D eigenvalue weighted by atomic mass is 10.1. The van der Waals surface area contributed by atoms with Crippen molar-refractivity contribution in [3.63, 3.8) is 0 Å². The van der Waals surface area contributed by atoms with E-state index in [0.29, 0.717) is 22.8 Å². The maximum absolute atomic E-state index is 13.7. The highest BCUT2D eigenvalue weighted by molar-refractivity contribution is 7.73. The number of methoxy groups -OCH3 is 1. The Morgan fingerprint density at radius 3 is 2.48 bits per heavy atom. The van der Waals surface area contributed by atoms with Gasteiger partial charge in [0.15, 0.2) is 5.75 Å². The molecule has 0 radical (unpaired) electrons. The summed E-state index contributed by atoms with van der Waals surface area (Å²) < 4.78 is 21.0. The van der Waals surface area contributed by atoms with Crippen LogP contribution in [0, 0.1) is 0 Å². The highest BCUT2D eigenvalue weighted by Gasteiger charge is 2.53. The summed E-state index contributed by atoms with van der Waals surface area (Å²) in [6, 6.07) is 7.64. The first-order valence-corrected chi connectivity index (χ1v) is 9.97. The van der Waals surface area contributed by atoms with Crippen molar-refractivity contribution in [1.29, 1.82) is 0 Å². The van der Waals surface area contributed by atoms with E-state index >= 15 is 0 Å². The molecule has 2 aliphatic carbocycles. The first-order valence-electron chi connectivity index (χ1n) is 8.12. The van der Waals surface area contributed by atoms with Gasteiger partial charge in [0.05, 0.1) is 23.9 Å². The third kappa shape index (κ3) is 2.29. The predicted octanol–water partition coefficient (Wildman–Crippen LogP) is 2.99. The minimum Gasteiger partial charge on any atom is -0.494 e. The van der Waals surface area contributed by atoms with E-state index in [2.05, 4.69) is 5.10 Å². The molecule has 1 heterocycles. The van der Waals surface area contributed by atoms with Gasteiger partial charge in [0.25, 0.3) is 0 Å². The number of hydrogen-bond acceptors (Lipinski definition) is 4. The molecule has 1 aromatic carbocycles. The van der Waals surface area contributed by atoms with Gasteiger partial charge in [0, 0.05) is 23.9 Å². The van der Waals surface area contributed by atoms with Gasteiger partial charge in [-0.15, -0.1) is 0 Å². The summed E-state index contributed by atoms with van der Waals surface area (Å²) in [6.45, 7) is 0. The first-order chi connectivity index (χ1) is 11.1. The van der Waals surface area contributed by atoms with Crippen LogP contribution in [0.5, 0.6) is 5.75 Å². The number of ether oxygens (including phenoxy) is 1. The molecule has 0 amide bonds. The molecule has 4 rings (SSSR count). The summed E-state index contributed by atoms with van der Waals surface area (Å²) in [5.41, 5.74) is 9.90. The Hall–Kier alpha value is -1.74. The van der Waals surface area contributed by atoms with E-state index in [-0.39, 0.29) is 0 Å². The van der Waals surface area contributed by atoms with Crippen LogP contribution in [0.2, 0.25) is 0 Å². The molecular formula is C17H22N3O2P. The normalized spacial score (nSPS) is 18.2. The number of aromatic nitrogens is 2. The second-order valence-corrected chi connectivity index (χ2v) is 9.95. The Kier molecular flexibility index (Phi) is 3.31. The third-order valence-electron chi connectivity index (χ3n) is 4.92. The summed E-state index contributed by atoms with van der Waals surface area (Å²) in [5, 5.41) is 4.63. The number of benzene rings is 1. The zero-order chi connectivity index (χ0) is 16.2. The Morgan fingerprint density at radius 2 is 1.91 bits per heavy atom. The maximum Gasteiger partial charge on any atom is 0.151 e. The Labute approximate surface area is 136 Å². The predicted molar refractivity (Wildman–Crippen MR) is 92.9 cm³/mol. The van der Waals surface area contributed by atoms with E-state index in [9.17, 15) is 4.57 Å². The van der Waals surface area contributed by atoms with Gasteiger partial charge in [-0.2, -0.15) is 5.10 Å². The highest BCUT2D eigenvalue weighted by atomic mass is 31.2. The Balaban J connectivity index is 1.82. The topological polar surface area (TPSA) is 70.1 Å². The van der Waals surface area contributed by atoms with E-state index in [1.165, 1.54) is 0 Å². The minimum atomic E-state index is -2.34. The zero-order valence-electron chi connectivity index (χ0n) is 13.5. The van der Waals surface area contributed by atoms with E-state index in [0.717, 1.165) is 42.4 Å². The Morgan fingerprint density at radius 1 is 1.26 bits per heavy atom. The molecule has 2 aromatic rings. The number of para-hydroxylation sites is 1. The van der Waals surface area contributed by atoms with Gasteiger partial charge in [-0.25, -0.2) is 0 Å². The van der Waals surface area contributed by atoms with Crippen LogP contribution in [-0.4, -0.2) is 28.2 Å². The molecule has 2 aliphatic rings. The molecule has 2 saturated carbocycles. The second kappa shape index (κ2) is 5.13. The number of anilines is 1. The highest BCUT2D eigenvalue weighted by Crippen LogP contribution is 2.69. The van der Waals surface area contributed by atoms with Crippen LogP contribution >= 0.6 is 7.14 Å². The molecule has 0 bridgehead atoms. The zero-order valence-corrected chi connectivity index (χ0v) is 14.4. The van der Waals surface area contributed by atoms with Crippen LogP contribution in [0.3, 0.4) is 0 Å². The van der Waals surface area contributed by atoms with Crippen molar-refractivity contribution in [3.8, 4) is 17.0 Å². The fourth-order valence-electron chi connectivity index (χ4n) is 3.49. The molecule has 23 heavy (non-hydrogen) atoms. The van der Waals surface area contributed by atoms with Gasteiger partial charge in [0.2, 0.25) is 0 Å². The average molecular weight is 331 g/mol. The number of nitrogen functional groups attached to an aromatic ring is 1. The van der Waals surface area contributed by atoms with Crippen LogP contribution in [0.15, 0.2) is 24.3 Å². The van der Waals surface area contributed by atoms with Crippen molar-refractivity contribution in [1.82, 2.24) is 9.78 Å². The van der Waals surface area contributed by atoms with Gasteiger partial charge >= 0.3 is 0 Å². The van der Waals surface area contributed by atoms with E-state index < -0.39 is 7.14 Å². The van der Waals surface area contributed by atoms with Crippen molar-refractivity contribution in [3.05, 3.63) is 24.3 Å². The SMILES string of the molecule is COc1c(N)cccc1-c1cc(P(=O)(C2CC2)C2CC2)n(C)n1. The van der Waals surface area contributed by atoms with Crippen LogP contribution in [0.4, 0.5) is 5.69 Å². The molecule has 6 heteroatoms. The van der Waals surface area contributed by atoms with Gasteiger partial charge in [0.1, 0.15) is 7.14 Å². The third-order valence-corrected chi connectivity index (χ3v) is 9.25. The van der Waals surface area contributed by atoms with E-state index in [4.69, 9.17) is 10.5 Å². The molecule has 122 valence electrons. The lowest BCUT2D eigenvalue weighted by molar-refractivity contribution is 0.418. The van der Waals surface area contributed by atoms with Gasteiger partial charge in [-0.05, 0) is 43.9 Å². The van der Waals surface area contributed by atoms with Crippen LogP contribution in [-0.2, 0) is 11.6 Å². The number of hydrogen-bond donors (Lipinski definition) is 1. The van der Waals surface area contributed by atoms with Crippen molar-refractivity contribution in [2.45, 2.75) is 37.0 Å². The minimum absolute atomic E-state index is 0.376. The number of nitrogens with two attached hydrogens (primary N) is 1. The fraction of sp³-hybridized carbons (Fsp3) is 0.471. The molecule has 0 saturated heterocycles. The Bertz CT molecular complexity index is 790. The summed E-state index contributed by atoms with van der Waals surface area (Å²) in [6.07, 6.45) is 4.37. The maximum atomic E-state index is 13.7. The van der Waals surface area contributed by atoms with Crippen molar-refractivity contribution >= 4 is 18.3 Å². The smallest absolute Gasteiger partial charge is 0.151 e. The quantitative estimate of drug-likeness (QED) is 0.675. The molecule has 2 fully saturated rings. The van der Waals surface area contributed by atoms with Crippen LogP contribution in [0.1, 0.15) is 25.7 Å². The molecule has 2 N–H and O–H groups in total. The standard InChI is InChI=1S/C17H22N3O2P/c1-20-16(23(21,11-6-7-11)12-8-9-12)10-15(19-20)13-4-3-5-14(18)17(13)22-2/h3-5,10-12H,6-9,18H2,1-2H3. The molecule has 0 atom stereocenters. The monoisotopic (exact) mass is 331 g/mol. The van der Waals surface area contributed by atoms with Crippen molar-refractivity contribution < 1.29 is 9.30 Å². The van der Waals surface area contributed by atoms with Gasteiger partial charge in [-0.3, -0.25) is 4.68 Å². The molecule has 0 unspecified atom stereocenters. The lowest BCUT2D eigenvalue weighted by Crippen LogP contribution is -2.20. The summed E-state index contributed by atoms with van der Waals surface area (Å²) in [4.78, 5) is 0. The van der Waals surface area contributed by atoms with Gasteiger partial charge < -0.3 is 15.0 Å². The largest absolute Gasteiger partial charge is 0.494 e. The molecule has 5 nitrogen and oxygen atoms in total. The molecular weight excluding hydrogens is 309 g/mol. The lowest BCUT2D eigenvalue weighted by Gasteiger charge is -2.17. The second-order valence-electron chi connectivity index (χ2n) is 6.61. The van der Waals surface area contributed by atoms with Crippen molar-refractivity contribution in [2.75, 3.05) is 12.8 Å². The molecule has 1 aromatic heterocycles. The molecule has 0 spiro atoms. The van der Waals surface area contributed by atoms with E-state index in [1.54, 1.807) is 7.11 Å². The van der Waals surface area contributed by atoms with Gasteiger partial charge in [-0.1, -0.05) is 6.07 Å². The number of aryl methyl sites for hydroxylation is 1. The first kappa shape index (κ1) is 14.8. The average Bonchev–Trinajstić information content (AvgIpc) is 3.43. The van der Waals surface area contributed by atoms with Crippen LogP contribution in [0.25, 0.3) is 11.3 Å². The van der Waals surface area contributed by atoms with Crippen molar-refractivity contribution in [2.24, 2.45) is 7.05 Å². The van der Waals surface area contributed by atoms with Crippen LogP contribution < -0.4 is 15.9 Å². The number of rotatable bonds is 5. The summed E-state index contributed by atoms with van der Waals surface area (Å²) >= 11 is 0. The fourth-order valence-corrected chi connectivity index (χ4v) is 7.49. The molecule has 0 aliphatic heterocycles.